The molecule has 6 heteroatoms. The second-order valence-electron chi connectivity index (χ2n) is 6.52. The van der Waals surface area contributed by atoms with E-state index in [1.165, 1.54) is 6.07 Å². The summed E-state index contributed by atoms with van der Waals surface area (Å²) in [4.78, 5) is 14.1. The molecular formula is C17H22ClFN2O2. The normalized spacial score (nSPS) is 28.6. The van der Waals surface area contributed by atoms with E-state index in [0.29, 0.717) is 19.1 Å². The van der Waals surface area contributed by atoms with Crippen molar-refractivity contribution in [3.63, 3.8) is 0 Å². The maximum Gasteiger partial charge on any atom is 0.323 e. The summed E-state index contributed by atoms with van der Waals surface area (Å²) in [5.41, 5.74) is 0.891. The molecule has 2 heterocycles. The molecule has 0 spiro atoms. The van der Waals surface area contributed by atoms with Crippen molar-refractivity contribution in [1.29, 1.82) is 0 Å². The lowest BCUT2D eigenvalue weighted by molar-refractivity contribution is -0.139. The molecular weight excluding hydrogens is 319 g/mol. The van der Waals surface area contributed by atoms with Gasteiger partial charge < -0.3 is 4.74 Å². The number of likely N-dealkylation sites (tertiary alicyclic amines) is 1. The Labute approximate surface area is 140 Å². The topological polar surface area (TPSA) is 41.6 Å². The Hall–Kier alpha value is -1.17. The van der Waals surface area contributed by atoms with Gasteiger partial charge in [0.15, 0.2) is 0 Å². The molecule has 0 unspecified atom stereocenters. The summed E-state index contributed by atoms with van der Waals surface area (Å²) in [7, 11) is 0. The molecule has 0 bridgehead atoms. The van der Waals surface area contributed by atoms with Gasteiger partial charge in [0, 0.05) is 25.0 Å². The number of ether oxygens (including phenoxy) is 1. The van der Waals surface area contributed by atoms with Gasteiger partial charge in [0.1, 0.15) is 11.9 Å². The van der Waals surface area contributed by atoms with Crippen LogP contribution in [0.5, 0.6) is 0 Å². The van der Waals surface area contributed by atoms with Crippen LogP contribution in [-0.2, 0) is 9.53 Å². The highest BCUT2D eigenvalue weighted by atomic mass is 35.5. The van der Waals surface area contributed by atoms with Crippen LogP contribution in [0, 0.1) is 5.82 Å². The number of rotatable bonds is 4. The highest BCUT2D eigenvalue weighted by Crippen LogP contribution is 2.35. The average Bonchev–Trinajstić information content (AvgIpc) is 3.10. The third kappa shape index (κ3) is 3.37. The maximum absolute atomic E-state index is 13.9. The lowest BCUT2D eigenvalue weighted by Gasteiger charge is -2.32. The molecule has 126 valence electrons. The summed E-state index contributed by atoms with van der Waals surface area (Å²) < 4.78 is 18.9. The van der Waals surface area contributed by atoms with E-state index < -0.39 is 5.82 Å². The van der Waals surface area contributed by atoms with Crippen LogP contribution in [0.3, 0.4) is 0 Å². The van der Waals surface area contributed by atoms with Crippen LogP contribution in [0.4, 0.5) is 4.39 Å². The molecule has 2 aliphatic heterocycles. The van der Waals surface area contributed by atoms with Crippen LogP contribution in [-0.4, -0.2) is 42.1 Å². The van der Waals surface area contributed by atoms with Gasteiger partial charge in [-0.05, 0) is 38.0 Å². The number of hydrogen-bond donors (Lipinski definition) is 1. The van der Waals surface area contributed by atoms with Crippen LogP contribution in [0.1, 0.15) is 38.3 Å². The molecule has 0 saturated carbocycles. The zero-order valence-electron chi connectivity index (χ0n) is 13.4. The van der Waals surface area contributed by atoms with Gasteiger partial charge in [0.05, 0.1) is 17.7 Å². The first kappa shape index (κ1) is 16.7. The average molecular weight is 341 g/mol. The second-order valence-corrected chi connectivity index (χ2v) is 6.93. The number of carbonyl (C=O) groups is 1. The number of esters is 1. The van der Waals surface area contributed by atoms with Gasteiger partial charge >= 0.3 is 5.97 Å². The van der Waals surface area contributed by atoms with Crippen LogP contribution in [0.2, 0.25) is 5.02 Å². The minimum absolute atomic E-state index is 0.0233. The fourth-order valence-electron chi connectivity index (χ4n) is 3.60. The molecule has 4 nitrogen and oxygen atoms in total. The Balaban J connectivity index is 1.85. The van der Waals surface area contributed by atoms with E-state index in [1.54, 1.807) is 6.07 Å². The highest BCUT2D eigenvalue weighted by molar-refractivity contribution is 6.30. The van der Waals surface area contributed by atoms with E-state index in [2.05, 4.69) is 24.1 Å². The molecule has 3 rings (SSSR count). The molecule has 23 heavy (non-hydrogen) atoms. The zero-order valence-corrected chi connectivity index (χ0v) is 14.1. The van der Waals surface area contributed by atoms with Gasteiger partial charge in [-0.1, -0.05) is 17.7 Å². The number of hydrogen-bond acceptors (Lipinski definition) is 4. The largest absolute Gasteiger partial charge is 0.464 e. The maximum atomic E-state index is 13.9. The van der Waals surface area contributed by atoms with Gasteiger partial charge in [0.2, 0.25) is 0 Å². The minimum Gasteiger partial charge on any atom is -0.464 e. The summed E-state index contributed by atoms with van der Waals surface area (Å²) in [5, 5.41) is 3.55. The molecule has 0 aliphatic carbocycles. The van der Waals surface area contributed by atoms with Crippen molar-refractivity contribution >= 4 is 17.6 Å². The Morgan fingerprint density at radius 2 is 2.17 bits per heavy atom. The van der Waals surface area contributed by atoms with Gasteiger partial charge in [0.25, 0.3) is 0 Å². The van der Waals surface area contributed by atoms with E-state index in [-0.39, 0.29) is 29.1 Å². The number of nitrogens with one attached hydrogen (secondary N) is 1. The fraction of sp³-hybridized carbons (Fsp3) is 0.588. The first-order valence-corrected chi connectivity index (χ1v) is 8.48. The van der Waals surface area contributed by atoms with Crippen molar-refractivity contribution in [2.24, 2.45) is 0 Å². The SMILES string of the molecule is CC(C)N1CC[C@H](N[C@H]2CCOC2=O)[C@@H]1c1ccc(Cl)c(F)c1. The van der Waals surface area contributed by atoms with Crippen molar-refractivity contribution in [3.8, 4) is 0 Å². The number of benzene rings is 1. The molecule has 2 aliphatic rings. The molecule has 1 N–H and O–H groups in total. The first-order valence-electron chi connectivity index (χ1n) is 8.10. The summed E-state index contributed by atoms with van der Waals surface area (Å²) >= 11 is 5.81. The van der Waals surface area contributed by atoms with E-state index >= 15 is 0 Å². The summed E-state index contributed by atoms with van der Waals surface area (Å²) in [6.07, 6.45) is 1.61. The molecule has 1 aromatic carbocycles. The Morgan fingerprint density at radius 1 is 1.39 bits per heavy atom. The first-order chi connectivity index (χ1) is 11.0. The van der Waals surface area contributed by atoms with Gasteiger partial charge in [-0.15, -0.1) is 0 Å². The summed E-state index contributed by atoms with van der Waals surface area (Å²) in [5.74, 6) is -0.590. The molecule has 1 aromatic rings. The van der Waals surface area contributed by atoms with Crippen molar-refractivity contribution in [2.45, 2.75) is 50.9 Å². The molecule has 2 fully saturated rings. The van der Waals surface area contributed by atoms with Crippen molar-refractivity contribution in [1.82, 2.24) is 10.2 Å². The van der Waals surface area contributed by atoms with Gasteiger partial charge in [-0.25, -0.2) is 4.39 Å². The zero-order chi connectivity index (χ0) is 16.6. The van der Waals surface area contributed by atoms with Crippen molar-refractivity contribution in [3.05, 3.63) is 34.6 Å². The molecule has 0 aromatic heterocycles. The predicted octanol–water partition coefficient (Wildman–Crippen LogP) is 2.91. The summed E-state index contributed by atoms with van der Waals surface area (Å²) in [6, 6.07) is 5.18. The quantitative estimate of drug-likeness (QED) is 0.856. The molecule has 2 saturated heterocycles. The predicted molar refractivity (Wildman–Crippen MR) is 86.9 cm³/mol. The summed E-state index contributed by atoms with van der Waals surface area (Å²) in [6.45, 7) is 5.64. The third-order valence-electron chi connectivity index (χ3n) is 4.74. The highest BCUT2D eigenvalue weighted by Gasteiger charge is 2.40. The standard InChI is InChI=1S/C17H22ClFN2O2/c1-10(2)21-7-5-14(20-15-6-8-23-17(15)22)16(21)11-3-4-12(18)13(19)9-11/h3-4,9-10,14-16,20H,5-8H2,1-2H3/t14-,15-,16-/m0/s1. The van der Waals surface area contributed by atoms with Gasteiger partial charge in [-0.2, -0.15) is 0 Å². The third-order valence-corrected chi connectivity index (χ3v) is 5.04. The van der Waals surface area contributed by atoms with E-state index in [0.717, 1.165) is 18.5 Å². The Kier molecular flexibility index (Phi) is 4.90. The van der Waals surface area contributed by atoms with Crippen LogP contribution in [0.15, 0.2) is 18.2 Å². The fourth-order valence-corrected chi connectivity index (χ4v) is 3.71. The molecule has 0 amide bonds. The lowest BCUT2D eigenvalue weighted by Crippen LogP contribution is -2.45. The van der Waals surface area contributed by atoms with E-state index in [4.69, 9.17) is 16.3 Å². The van der Waals surface area contributed by atoms with E-state index in [9.17, 15) is 9.18 Å². The number of carbonyl (C=O) groups excluding carboxylic acids is 1. The number of cyclic esters (lactones) is 1. The second kappa shape index (κ2) is 6.75. The van der Waals surface area contributed by atoms with Gasteiger partial charge in [-0.3, -0.25) is 15.0 Å². The molecule has 0 radical (unpaired) electrons. The Morgan fingerprint density at radius 3 is 2.78 bits per heavy atom. The van der Waals surface area contributed by atoms with Crippen molar-refractivity contribution < 1.29 is 13.9 Å². The lowest BCUT2D eigenvalue weighted by atomic mass is 9.98. The monoisotopic (exact) mass is 340 g/mol. The number of nitrogens with zero attached hydrogens (tertiary/aromatic N) is 1. The molecule has 3 atom stereocenters. The Bertz CT molecular complexity index is 596. The smallest absolute Gasteiger partial charge is 0.323 e. The van der Waals surface area contributed by atoms with Crippen LogP contribution >= 0.6 is 11.6 Å². The minimum atomic E-state index is -0.404. The van der Waals surface area contributed by atoms with Crippen LogP contribution < -0.4 is 5.32 Å². The number of halogens is 2. The van der Waals surface area contributed by atoms with Crippen LogP contribution in [0.25, 0.3) is 0 Å². The van der Waals surface area contributed by atoms with Crippen molar-refractivity contribution in [2.75, 3.05) is 13.2 Å². The van der Waals surface area contributed by atoms with E-state index in [1.807, 2.05) is 6.07 Å².